The van der Waals surface area contributed by atoms with Crippen molar-refractivity contribution in [3.63, 3.8) is 0 Å². The number of hydrogen-bond donors (Lipinski definition) is 1. The number of hydrogen-bond acceptors (Lipinski definition) is 3. The van der Waals surface area contributed by atoms with E-state index in [1.165, 1.54) is 18.2 Å². The number of nitrogens with zero attached hydrogens (tertiary/aromatic N) is 1. The summed E-state index contributed by atoms with van der Waals surface area (Å²) in [5, 5.41) is 3.30. The predicted molar refractivity (Wildman–Crippen MR) is 117 cm³/mol. The molecule has 0 saturated carbocycles. The number of rotatable bonds is 6. The van der Waals surface area contributed by atoms with Crippen molar-refractivity contribution in [1.82, 2.24) is 0 Å². The van der Waals surface area contributed by atoms with E-state index in [4.69, 9.17) is 23.2 Å². The maximum atomic E-state index is 13.2. The van der Waals surface area contributed by atoms with Gasteiger partial charge in [0.2, 0.25) is 5.91 Å². The monoisotopic (exact) mass is 448 g/mol. The van der Waals surface area contributed by atoms with E-state index in [0.29, 0.717) is 16.4 Å². The van der Waals surface area contributed by atoms with E-state index in [1.807, 2.05) is 6.92 Å². The largest absolute Gasteiger partial charge is 0.324 e. The summed E-state index contributed by atoms with van der Waals surface area (Å²) >= 11 is 11.9. The van der Waals surface area contributed by atoms with Gasteiger partial charge in [-0.3, -0.25) is 9.10 Å². The zero-order chi connectivity index (χ0) is 21.0. The Morgan fingerprint density at radius 1 is 0.931 bits per heavy atom. The molecule has 29 heavy (non-hydrogen) atoms. The van der Waals surface area contributed by atoms with Crippen LogP contribution in [0.5, 0.6) is 0 Å². The summed E-state index contributed by atoms with van der Waals surface area (Å²) in [6.45, 7) is 1.47. The minimum absolute atomic E-state index is 0.106. The van der Waals surface area contributed by atoms with Crippen molar-refractivity contribution in [3.05, 3.63) is 88.4 Å². The van der Waals surface area contributed by atoms with Crippen LogP contribution in [0, 0.1) is 6.92 Å². The van der Waals surface area contributed by atoms with Crippen LogP contribution in [-0.2, 0) is 14.8 Å². The van der Waals surface area contributed by atoms with E-state index < -0.39 is 22.5 Å². The average Bonchev–Trinajstić information content (AvgIpc) is 2.70. The van der Waals surface area contributed by atoms with Crippen LogP contribution < -0.4 is 9.62 Å². The Morgan fingerprint density at radius 3 is 2.21 bits per heavy atom. The van der Waals surface area contributed by atoms with Crippen LogP contribution in [-0.4, -0.2) is 20.9 Å². The average molecular weight is 449 g/mol. The quantitative estimate of drug-likeness (QED) is 0.567. The number of sulfonamides is 1. The van der Waals surface area contributed by atoms with Crippen molar-refractivity contribution >= 4 is 50.5 Å². The fourth-order valence-corrected chi connectivity index (χ4v) is 4.37. The molecule has 0 fully saturated rings. The van der Waals surface area contributed by atoms with Crippen molar-refractivity contribution in [3.8, 4) is 0 Å². The highest BCUT2D eigenvalue weighted by molar-refractivity contribution is 7.92. The Morgan fingerprint density at radius 2 is 1.59 bits per heavy atom. The zero-order valence-electron chi connectivity index (χ0n) is 15.5. The van der Waals surface area contributed by atoms with Gasteiger partial charge in [-0.2, -0.15) is 0 Å². The Hall–Kier alpha value is -2.54. The van der Waals surface area contributed by atoms with Crippen molar-refractivity contribution in [2.24, 2.45) is 0 Å². The van der Waals surface area contributed by atoms with Gasteiger partial charge >= 0.3 is 0 Å². The summed E-state index contributed by atoms with van der Waals surface area (Å²) in [5.74, 6) is -0.511. The number of carbonyl (C=O) groups is 1. The number of halogens is 2. The first-order valence-electron chi connectivity index (χ1n) is 8.67. The number of amides is 1. The molecule has 0 saturated heterocycles. The fraction of sp³-hybridized carbons (Fsp3) is 0.0952. The Balaban J connectivity index is 1.91. The van der Waals surface area contributed by atoms with E-state index in [9.17, 15) is 13.2 Å². The van der Waals surface area contributed by atoms with Crippen molar-refractivity contribution < 1.29 is 13.2 Å². The number of benzene rings is 3. The molecule has 3 aromatic rings. The summed E-state index contributed by atoms with van der Waals surface area (Å²) < 4.78 is 27.6. The third-order valence-electron chi connectivity index (χ3n) is 4.14. The first kappa shape index (κ1) is 21.2. The molecule has 0 aliphatic rings. The van der Waals surface area contributed by atoms with Gasteiger partial charge in [-0.05, 0) is 49.4 Å². The number of carbonyl (C=O) groups excluding carboxylic acids is 1. The maximum absolute atomic E-state index is 13.2. The van der Waals surface area contributed by atoms with Gasteiger partial charge in [0.25, 0.3) is 10.0 Å². The van der Waals surface area contributed by atoms with Gasteiger partial charge in [0.15, 0.2) is 0 Å². The van der Waals surface area contributed by atoms with Crippen LogP contribution in [0.15, 0.2) is 77.7 Å². The highest BCUT2D eigenvalue weighted by Crippen LogP contribution is 2.26. The van der Waals surface area contributed by atoms with Crippen LogP contribution in [0.2, 0.25) is 10.0 Å². The molecule has 0 heterocycles. The van der Waals surface area contributed by atoms with E-state index in [-0.39, 0.29) is 9.92 Å². The molecule has 3 aromatic carbocycles. The SMILES string of the molecule is Cc1ccc(S(=O)(=O)N(CC(=O)Nc2ccc(Cl)c(Cl)c2)c2ccccc2)cc1. The second-order valence-electron chi connectivity index (χ2n) is 6.34. The molecule has 8 heteroatoms. The number of aryl methyl sites for hydroxylation is 1. The lowest BCUT2D eigenvalue weighted by molar-refractivity contribution is -0.114. The minimum atomic E-state index is -3.95. The van der Waals surface area contributed by atoms with Gasteiger partial charge in [0, 0.05) is 5.69 Å². The van der Waals surface area contributed by atoms with Crippen molar-refractivity contribution in [1.29, 1.82) is 0 Å². The fourth-order valence-electron chi connectivity index (χ4n) is 2.65. The molecule has 150 valence electrons. The minimum Gasteiger partial charge on any atom is -0.324 e. The van der Waals surface area contributed by atoms with E-state index in [0.717, 1.165) is 9.87 Å². The van der Waals surface area contributed by atoms with Gasteiger partial charge < -0.3 is 5.32 Å². The van der Waals surface area contributed by atoms with Gasteiger partial charge in [0.05, 0.1) is 20.6 Å². The summed E-state index contributed by atoms with van der Waals surface area (Å²) in [7, 11) is -3.95. The lowest BCUT2D eigenvalue weighted by Crippen LogP contribution is -2.38. The van der Waals surface area contributed by atoms with Crippen LogP contribution in [0.25, 0.3) is 0 Å². The Bertz CT molecular complexity index is 1120. The van der Waals surface area contributed by atoms with Gasteiger partial charge in [0.1, 0.15) is 6.54 Å². The topological polar surface area (TPSA) is 66.5 Å². The molecule has 0 atom stereocenters. The van der Waals surface area contributed by atoms with Crippen LogP contribution >= 0.6 is 23.2 Å². The van der Waals surface area contributed by atoms with E-state index in [2.05, 4.69) is 5.32 Å². The first-order chi connectivity index (χ1) is 13.8. The molecule has 0 aliphatic heterocycles. The Labute approximate surface area is 179 Å². The first-order valence-corrected chi connectivity index (χ1v) is 10.9. The van der Waals surface area contributed by atoms with Gasteiger partial charge in [-0.25, -0.2) is 8.42 Å². The van der Waals surface area contributed by atoms with Gasteiger partial charge in [-0.15, -0.1) is 0 Å². The predicted octanol–water partition coefficient (Wildman–Crippen LogP) is 5.14. The molecule has 1 N–H and O–H groups in total. The lowest BCUT2D eigenvalue weighted by atomic mass is 10.2. The molecule has 0 unspecified atom stereocenters. The molecule has 0 spiro atoms. The lowest BCUT2D eigenvalue weighted by Gasteiger charge is -2.24. The van der Waals surface area contributed by atoms with Crippen molar-refractivity contribution in [2.45, 2.75) is 11.8 Å². The zero-order valence-corrected chi connectivity index (χ0v) is 17.8. The third-order valence-corrected chi connectivity index (χ3v) is 6.67. The summed E-state index contributed by atoms with van der Waals surface area (Å²) in [6, 6.07) is 19.6. The third kappa shape index (κ3) is 5.09. The van der Waals surface area contributed by atoms with Crippen molar-refractivity contribution in [2.75, 3.05) is 16.2 Å². The van der Waals surface area contributed by atoms with Gasteiger partial charge in [-0.1, -0.05) is 59.1 Å². The van der Waals surface area contributed by atoms with Crippen LogP contribution in [0.3, 0.4) is 0 Å². The van der Waals surface area contributed by atoms with Crippen LogP contribution in [0.1, 0.15) is 5.56 Å². The van der Waals surface area contributed by atoms with E-state index in [1.54, 1.807) is 54.6 Å². The normalized spacial score (nSPS) is 11.1. The molecular weight excluding hydrogens is 431 g/mol. The summed E-state index contributed by atoms with van der Waals surface area (Å²) in [6.07, 6.45) is 0. The molecule has 0 aromatic heterocycles. The molecule has 1 amide bonds. The molecule has 0 bridgehead atoms. The molecule has 0 radical (unpaired) electrons. The standard InChI is InChI=1S/C21H18Cl2N2O3S/c1-15-7-10-18(11-8-15)29(27,28)25(17-5-3-2-4-6-17)14-21(26)24-16-9-12-19(22)20(23)13-16/h2-13H,14H2,1H3,(H,24,26). The molecule has 3 rings (SSSR count). The highest BCUT2D eigenvalue weighted by atomic mass is 35.5. The smallest absolute Gasteiger partial charge is 0.264 e. The summed E-state index contributed by atoms with van der Waals surface area (Å²) in [5.41, 5.74) is 1.75. The number of para-hydroxylation sites is 1. The molecule has 0 aliphatic carbocycles. The summed E-state index contributed by atoms with van der Waals surface area (Å²) in [4.78, 5) is 12.7. The van der Waals surface area contributed by atoms with Crippen LogP contribution in [0.4, 0.5) is 11.4 Å². The second-order valence-corrected chi connectivity index (χ2v) is 9.01. The number of nitrogens with one attached hydrogen (secondary N) is 1. The van der Waals surface area contributed by atoms with E-state index >= 15 is 0 Å². The molecular formula is C21H18Cl2N2O3S. The maximum Gasteiger partial charge on any atom is 0.264 e. The second kappa shape index (κ2) is 8.86. The highest BCUT2D eigenvalue weighted by Gasteiger charge is 2.27. The Kier molecular flexibility index (Phi) is 6.47. The number of anilines is 2. The molecule has 5 nitrogen and oxygen atoms in total.